The summed E-state index contributed by atoms with van der Waals surface area (Å²) in [6, 6.07) is 0. The molecule has 106 valence electrons. The summed E-state index contributed by atoms with van der Waals surface area (Å²) >= 11 is 4.90. The van der Waals surface area contributed by atoms with Gasteiger partial charge in [-0.05, 0) is 0 Å². The fourth-order valence-corrected chi connectivity index (χ4v) is 4.64. The zero-order valence-electron chi connectivity index (χ0n) is 10.6. The van der Waals surface area contributed by atoms with Crippen molar-refractivity contribution in [3.63, 3.8) is 0 Å². The summed E-state index contributed by atoms with van der Waals surface area (Å²) in [6.07, 6.45) is 1.49. The Bertz CT molecular complexity index is 626. The van der Waals surface area contributed by atoms with Crippen molar-refractivity contribution in [2.24, 2.45) is 5.73 Å². The van der Waals surface area contributed by atoms with Crippen molar-refractivity contribution >= 4 is 56.2 Å². The van der Waals surface area contributed by atoms with E-state index in [9.17, 15) is 4.79 Å². The van der Waals surface area contributed by atoms with Crippen LogP contribution in [0.1, 0.15) is 0 Å². The van der Waals surface area contributed by atoms with Crippen molar-refractivity contribution in [1.82, 2.24) is 15.0 Å². The number of nitrogens with zero attached hydrogens (tertiary/aromatic N) is 4. The second-order valence-electron chi connectivity index (χ2n) is 4.18. The highest BCUT2D eigenvalue weighted by Crippen LogP contribution is 2.34. The van der Waals surface area contributed by atoms with Crippen LogP contribution in [0.4, 0.5) is 5.13 Å². The molecule has 0 aliphatic carbocycles. The largest absolute Gasteiger partial charge is 0.369 e. The predicted molar refractivity (Wildman–Crippen MR) is 84.7 cm³/mol. The molecule has 0 unspecified atom stereocenters. The van der Waals surface area contributed by atoms with Gasteiger partial charge in [0, 0.05) is 24.6 Å². The Morgan fingerprint density at radius 2 is 2.20 bits per heavy atom. The van der Waals surface area contributed by atoms with Gasteiger partial charge in [-0.3, -0.25) is 4.79 Å². The van der Waals surface area contributed by atoms with Gasteiger partial charge in [-0.15, -0.1) is 0 Å². The molecule has 9 heteroatoms. The van der Waals surface area contributed by atoms with Gasteiger partial charge in [-0.2, -0.15) is 16.7 Å². The number of hydrogen-bond acceptors (Lipinski definition) is 8. The Morgan fingerprint density at radius 3 is 2.95 bits per heavy atom. The maximum atomic E-state index is 10.9. The van der Waals surface area contributed by atoms with Gasteiger partial charge < -0.3 is 10.6 Å². The zero-order valence-corrected chi connectivity index (χ0v) is 13.1. The van der Waals surface area contributed by atoms with E-state index in [4.69, 9.17) is 5.73 Å². The third-order valence-electron chi connectivity index (χ3n) is 2.78. The van der Waals surface area contributed by atoms with Crippen LogP contribution in [0.15, 0.2) is 11.4 Å². The monoisotopic (exact) mass is 327 g/mol. The zero-order chi connectivity index (χ0) is 13.9. The number of hydrogen-bond donors (Lipinski definition) is 1. The SMILES string of the molecule is NC(=O)CSc1ncnc2nc(N3CCSCC3)sc12. The van der Waals surface area contributed by atoms with E-state index in [1.165, 1.54) is 18.1 Å². The van der Waals surface area contributed by atoms with Crippen molar-refractivity contribution in [2.75, 3.05) is 35.2 Å². The highest BCUT2D eigenvalue weighted by atomic mass is 32.2. The van der Waals surface area contributed by atoms with Crippen LogP contribution >= 0.6 is 34.9 Å². The van der Waals surface area contributed by atoms with E-state index in [-0.39, 0.29) is 11.7 Å². The summed E-state index contributed by atoms with van der Waals surface area (Å²) in [7, 11) is 0. The lowest BCUT2D eigenvalue weighted by Crippen LogP contribution is -2.32. The molecular formula is C11H13N5OS3. The third-order valence-corrected chi connectivity index (χ3v) is 5.98. The first-order valence-electron chi connectivity index (χ1n) is 6.09. The lowest BCUT2D eigenvalue weighted by atomic mass is 10.5. The molecule has 0 spiro atoms. The normalized spacial score (nSPS) is 15.7. The van der Waals surface area contributed by atoms with Crippen molar-refractivity contribution in [3.05, 3.63) is 6.33 Å². The number of nitrogens with two attached hydrogens (primary N) is 1. The van der Waals surface area contributed by atoms with Gasteiger partial charge in [-0.1, -0.05) is 23.1 Å². The van der Waals surface area contributed by atoms with E-state index in [1.807, 2.05) is 11.8 Å². The minimum absolute atomic E-state index is 0.222. The Labute approximate surface area is 128 Å². The smallest absolute Gasteiger partial charge is 0.227 e. The molecule has 3 rings (SSSR count). The number of carbonyl (C=O) groups is 1. The molecule has 2 aromatic rings. The van der Waals surface area contributed by atoms with Crippen LogP contribution in [0.2, 0.25) is 0 Å². The molecule has 20 heavy (non-hydrogen) atoms. The Kier molecular flexibility index (Phi) is 4.27. The number of primary amides is 1. The first kappa shape index (κ1) is 13.9. The minimum Gasteiger partial charge on any atom is -0.369 e. The van der Waals surface area contributed by atoms with Crippen LogP contribution in [0, 0.1) is 0 Å². The number of thiazole rings is 1. The van der Waals surface area contributed by atoms with E-state index in [0.29, 0.717) is 5.65 Å². The highest BCUT2D eigenvalue weighted by Gasteiger charge is 2.18. The number of fused-ring (bicyclic) bond motifs is 1. The summed E-state index contributed by atoms with van der Waals surface area (Å²) in [5, 5.41) is 1.77. The topological polar surface area (TPSA) is 85.0 Å². The van der Waals surface area contributed by atoms with Crippen molar-refractivity contribution in [3.8, 4) is 0 Å². The fourth-order valence-electron chi connectivity index (χ4n) is 1.85. The van der Waals surface area contributed by atoms with Gasteiger partial charge in [0.05, 0.1) is 5.75 Å². The van der Waals surface area contributed by atoms with Crippen molar-refractivity contribution in [1.29, 1.82) is 0 Å². The van der Waals surface area contributed by atoms with E-state index in [1.54, 1.807) is 11.3 Å². The molecule has 2 aromatic heterocycles. The molecule has 0 bridgehead atoms. The first-order valence-corrected chi connectivity index (χ1v) is 9.05. The molecule has 1 aliphatic heterocycles. The van der Waals surface area contributed by atoms with Crippen LogP contribution in [-0.4, -0.2) is 51.2 Å². The van der Waals surface area contributed by atoms with Gasteiger partial charge in [0.1, 0.15) is 16.1 Å². The molecule has 1 saturated heterocycles. The van der Waals surface area contributed by atoms with E-state index < -0.39 is 0 Å². The summed E-state index contributed by atoms with van der Waals surface area (Å²) in [5.41, 5.74) is 5.88. The maximum Gasteiger partial charge on any atom is 0.227 e. The number of rotatable bonds is 4. The molecule has 1 amide bonds. The summed E-state index contributed by atoms with van der Waals surface area (Å²) < 4.78 is 0.937. The Morgan fingerprint density at radius 1 is 1.40 bits per heavy atom. The van der Waals surface area contributed by atoms with Crippen LogP contribution in [0.5, 0.6) is 0 Å². The number of aromatic nitrogens is 3. The highest BCUT2D eigenvalue weighted by molar-refractivity contribution is 8.00. The van der Waals surface area contributed by atoms with E-state index in [0.717, 1.165) is 39.5 Å². The molecule has 0 radical (unpaired) electrons. The third kappa shape index (κ3) is 2.99. The van der Waals surface area contributed by atoms with E-state index >= 15 is 0 Å². The number of amides is 1. The predicted octanol–water partition coefficient (Wildman–Crippen LogP) is 1.22. The van der Waals surface area contributed by atoms with Crippen LogP contribution in [0.3, 0.4) is 0 Å². The number of thioether (sulfide) groups is 2. The van der Waals surface area contributed by atoms with Crippen LogP contribution in [0.25, 0.3) is 10.3 Å². The molecule has 0 saturated carbocycles. The van der Waals surface area contributed by atoms with Gasteiger partial charge in [0.25, 0.3) is 0 Å². The lowest BCUT2D eigenvalue weighted by Gasteiger charge is -2.25. The number of anilines is 1. The molecule has 1 aliphatic rings. The Hall–Kier alpha value is -1.06. The minimum atomic E-state index is -0.348. The molecule has 2 N–H and O–H groups in total. The number of carbonyl (C=O) groups excluding carboxylic acids is 1. The van der Waals surface area contributed by atoms with Crippen LogP contribution < -0.4 is 10.6 Å². The maximum absolute atomic E-state index is 10.9. The molecule has 0 atom stereocenters. The van der Waals surface area contributed by atoms with Crippen molar-refractivity contribution < 1.29 is 4.79 Å². The molecule has 3 heterocycles. The van der Waals surface area contributed by atoms with Gasteiger partial charge in [0.2, 0.25) is 5.91 Å². The van der Waals surface area contributed by atoms with E-state index in [2.05, 4.69) is 19.9 Å². The van der Waals surface area contributed by atoms with Gasteiger partial charge >= 0.3 is 0 Å². The average molecular weight is 327 g/mol. The summed E-state index contributed by atoms with van der Waals surface area (Å²) in [4.78, 5) is 26.2. The summed E-state index contributed by atoms with van der Waals surface area (Å²) in [6.45, 7) is 2.03. The first-order chi connectivity index (χ1) is 9.74. The lowest BCUT2D eigenvalue weighted by molar-refractivity contribution is -0.115. The standard InChI is InChI=1S/C11H13N5OS3/c12-7(17)5-19-10-8-9(13-6-14-10)15-11(20-8)16-1-3-18-4-2-16/h6H,1-5H2,(H2,12,17). The van der Waals surface area contributed by atoms with Gasteiger partial charge in [0.15, 0.2) is 10.8 Å². The molecule has 1 fully saturated rings. The molecule has 0 aromatic carbocycles. The average Bonchev–Trinajstić information content (AvgIpc) is 2.90. The second kappa shape index (κ2) is 6.15. The Balaban J connectivity index is 1.89. The second-order valence-corrected chi connectivity index (χ2v) is 7.35. The quantitative estimate of drug-likeness (QED) is 0.667. The summed E-state index contributed by atoms with van der Waals surface area (Å²) in [5.74, 6) is 2.13. The fraction of sp³-hybridized carbons (Fsp3) is 0.455. The molecule has 6 nitrogen and oxygen atoms in total. The molecular weight excluding hydrogens is 314 g/mol. The van der Waals surface area contributed by atoms with Crippen molar-refractivity contribution in [2.45, 2.75) is 5.03 Å². The van der Waals surface area contributed by atoms with Crippen LogP contribution in [-0.2, 0) is 4.79 Å². The van der Waals surface area contributed by atoms with Gasteiger partial charge in [-0.25, -0.2) is 9.97 Å².